The summed E-state index contributed by atoms with van der Waals surface area (Å²) in [5.74, 6) is -0.215. The van der Waals surface area contributed by atoms with Gasteiger partial charge in [0.05, 0.1) is 7.11 Å². The number of anilines is 2. The third-order valence-corrected chi connectivity index (χ3v) is 3.82. The van der Waals surface area contributed by atoms with Crippen LogP contribution in [0.4, 0.5) is 11.4 Å². The van der Waals surface area contributed by atoms with Gasteiger partial charge in [-0.15, -0.1) is 0 Å². The molecule has 0 amide bonds. The number of hydrogen-bond acceptors (Lipinski definition) is 4. The van der Waals surface area contributed by atoms with Crippen molar-refractivity contribution in [1.29, 1.82) is 0 Å². The average molecular weight is 276 g/mol. The molecule has 1 saturated heterocycles. The number of nitrogens with one attached hydrogen (secondary N) is 1. The van der Waals surface area contributed by atoms with Gasteiger partial charge < -0.3 is 15.0 Å². The van der Waals surface area contributed by atoms with Crippen LogP contribution in [0.3, 0.4) is 0 Å². The van der Waals surface area contributed by atoms with Crippen LogP contribution in [-0.4, -0.2) is 32.2 Å². The molecular formula is C16H24N2O2. The second kappa shape index (κ2) is 7.17. The molecule has 1 aromatic rings. The van der Waals surface area contributed by atoms with Gasteiger partial charge in [0.2, 0.25) is 0 Å². The van der Waals surface area contributed by atoms with Gasteiger partial charge in [0.25, 0.3) is 0 Å². The van der Waals surface area contributed by atoms with Crippen LogP contribution < -0.4 is 10.2 Å². The minimum absolute atomic E-state index is 0.215. The first kappa shape index (κ1) is 14.7. The number of carbonyl (C=O) groups is 1. The first-order chi connectivity index (χ1) is 9.74. The van der Waals surface area contributed by atoms with Gasteiger partial charge in [-0.2, -0.15) is 0 Å². The minimum Gasteiger partial charge on any atom is -0.467 e. The maximum atomic E-state index is 11.6. The van der Waals surface area contributed by atoms with E-state index in [9.17, 15) is 4.79 Å². The largest absolute Gasteiger partial charge is 0.467 e. The highest BCUT2D eigenvalue weighted by molar-refractivity contribution is 5.79. The lowest BCUT2D eigenvalue weighted by Crippen LogP contribution is -2.30. The Bertz CT molecular complexity index is 425. The maximum Gasteiger partial charge on any atom is 0.328 e. The zero-order chi connectivity index (χ0) is 14.4. The van der Waals surface area contributed by atoms with Crippen molar-refractivity contribution >= 4 is 17.3 Å². The molecule has 110 valence electrons. The quantitative estimate of drug-likeness (QED) is 0.839. The fourth-order valence-electron chi connectivity index (χ4n) is 2.59. The molecule has 4 nitrogen and oxygen atoms in total. The Hall–Kier alpha value is -1.71. The number of esters is 1. The summed E-state index contributed by atoms with van der Waals surface area (Å²) in [7, 11) is 1.42. The van der Waals surface area contributed by atoms with E-state index in [0.29, 0.717) is 6.42 Å². The van der Waals surface area contributed by atoms with E-state index in [0.717, 1.165) is 18.8 Å². The molecule has 2 rings (SSSR count). The summed E-state index contributed by atoms with van der Waals surface area (Å²) < 4.78 is 4.78. The van der Waals surface area contributed by atoms with Crippen molar-refractivity contribution in [2.75, 3.05) is 30.4 Å². The van der Waals surface area contributed by atoms with Crippen LogP contribution in [0, 0.1) is 0 Å². The second-order valence-corrected chi connectivity index (χ2v) is 5.22. The predicted molar refractivity (Wildman–Crippen MR) is 82.2 cm³/mol. The van der Waals surface area contributed by atoms with Crippen molar-refractivity contribution in [2.24, 2.45) is 0 Å². The lowest BCUT2D eigenvalue weighted by molar-refractivity contribution is -0.141. The summed E-state index contributed by atoms with van der Waals surface area (Å²) in [6, 6.07) is 8.04. The molecule has 1 heterocycles. The van der Waals surface area contributed by atoms with Gasteiger partial charge in [0.15, 0.2) is 0 Å². The molecule has 0 bridgehead atoms. The molecule has 0 aromatic heterocycles. The summed E-state index contributed by atoms with van der Waals surface area (Å²) in [5.41, 5.74) is 2.23. The van der Waals surface area contributed by atoms with Crippen molar-refractivity contribution in [3.05, 3.63) is 24.3 Å². The van der Waals surface area contributed by atoms with Crippen LogP contribution >= 0.6 is 0 Å². The monoisotopic (exact) mass is 276 g/mol. The van der Waals surface area contributed by atoms with E-state index in [1.807, 2.05) is 19.1 Å². The van der Waals surface area contributed by atoms with Gasteiger partial charge in [-0.1, -0.05) is 6.92 Å². The topological polar surface area (TPSA) is 41.6 Å². The molecule has 4 heteroatoms. The molecule has 1 atom stereocenters. The maximum absolute atomic E-state index is 11.6. The Morgan fingerprint density at radius 2 is 1.90 bits per heavy atom. The number of piperidine rings is 1. The lowest BCUT2D eigenvalue weighted by Gasteiger charge is -2.29. The zero-order valence-electron chi connectivity index (χ0n) is 12.4. The van der Waals surface area contributed by atoms with Crippen LogP contribution in [-0.2, 0) is 9.53 Å². The molecule has 1 unspecified atom stereocenters. The van der Waals surface area contributed by atoms with Gasteiger partial charge in [-0.3, -0.25) is 0 Å². The molecule has 1 N–H and O–H groups in total. The van der Waals surface area contributed by atoms with Gasteiger partial charge in [0.1, 0.15) is 6.04 Å². The Morgan fingerprint density at radius 3 is 2.45 bits per heavy atom. The normalized spacial score (nSPS) is 16.6. The number of ether oxygens (including phenoxy) is 1. The van der Waals surface area contributed by atoms with Gasteiger partial charge >= 0.3 is 5.97 Å². The molecular weight excluding hydrogens is 252 g/mol. The molecule has 0 radical (unpaired) electrons. The Labute approximate surface area is 121 Å². The number of benzene rings is 1. The molecule has 0 saturated carbocycles. The number of rotatable bonds is 5. The van der Waals surface area contributed by atoms with Gasteiger partial charge in [0, 0.05) is 24.5 Å². The van der Waals surface area contributed by atoms with E-state index in [4.69, 9.17) is 4.74 Å². The summed E-state index contributed by atoms with van der Waals surface area (Å²) in [6.07, 6.45) is 4.61. The highest BCUT2D eigenvalue weighted by Crippen LogP contribution is 2.22. The Morgan fingerprint density at radius 1 is 1.25 bits per heavy atom. The Balaban J connectivity index is 1.98. The molecule has 1 aliphatic heterocycles. The van der Waals surface area contributed by atoms with Crippen molar-refractivity contribution in [1.82, 2.24) is 0 Å². The summed E-state index contributed by atoms with van der Waals surface area (Å²) >= 11 is 0. The van der Waals surface area contributed by atoms with Gasteiger partial charge in [-0.05, 0) is 49.9 Å². The minimum atomic E-state index is -0.277. The molecule has 1 aromatic carbocycles. The number of hydrogen-bond donors (Lipinski definition) is 1. The first-order valence-electron chi connectivity index (χ1n) is 7.44. The number of methoxy groups -OCH3 is 1. The molecule has 0 aliphatic carbocycles. The third-order valence-electron chi connectivity index (χ3n) is 3.82. The zero-order valence-corrected chi connectivity index (χ0v) is 12.4. The fraction of sp³-hybridized carbons (Fsp3) is 0.562. The number of carbonyl (C=O) groups excluding carboxylic acids is 1. The van der Waals surface area contributed by atoms with Gasteiger partial charge in [-0.25, -0.2) is 4.79 Å². The van der Waals surface area contributed by atoms with Crippen LogP contribution in [0.25, 0.3) is 0 Å². The van der Waals surface area contributed by atoms with E-state index in [1.165, 1.54) is 32.1 Å². The molecule has 1 fully saturated rings. The highest BCUT2D eigenvalue weighted by Gasteiger charge is 2.16. The predicted octanol–water partition coefficient (Wildman–Crippen LogP) is 3.04. The van der Waals surface area contributed by atoms with Crippen molar-refractivity contribution in [2.45, 2.75) is 38.6 Å². The highest BCUT2D eigenvalue weighted by atomic mass is 16.5. The van der Waals surface area contributed by atoms with E-state index in [2.05, 4.69) is 22.3 Å². The SMILES string of the molecule is CCC(Nc1ccc(N2CCCCC2)cc1)C(=O)OC. The average Bonchev–Trinajstić information content (AvgIpc) is 2.53. The van der Waals surface area contributed by atoms with Crippen LogP contribution in [0.1, 0.15) is 32.6 Å². The molecule has 20 heavy (non-hydrogen) atoms. The summed E-state index contributed by atoms with van der Waals surface area (Å²) in [5, 5.41) is 3.22. The molecule has 0 spiro atoms. The summed E-state index contributed by atoms with van der Waals surface area (Å²) in [6.45, 7) is 4.26. The van der Waals surface area contributed by atoms with Crippen molar-refractivity contribution in [3.8, 4) is 0 Å². The number of nitrogens with zero attached hydrogens (tertiary/aromatic N) is 1. The molecule has 1 aliphatic rings. The van der Waals surface area contributed by atoms with E-state index < -0.39 is 0 Å². The second-order valence-electron chi connectivity index (χ2n) is 5.22. The lowest BCUT2D eigenvalue weighted by atomic mass is 10.1. The van der Waals surface area contributed by atoms with Crippen LogP contribution in [0.15, 0.2) is 24.3 Å². The third kappa shape index (κ3) is 3.65. The van der Waals surface area contributed by atoms with E-state index in [-0.39, 0.29) is 12.0 Å². The van der Waals surface area contributed by atoms with Crippen molar-refractivity contribution in [3.63, 3.8) is 0 Å². The summed E-state index contributed by atoms with van der Waals surface area (Å²) in [4.78, 5) is 14.0. The first-order valence-corrected chi connectivity index (χ1v) is 7.44. The van der Waals surface area contributed by atoms with Crippen molar-refractivity contribution < 1.29 is 9.53 Å². The van der Waals surface area contributed by atoms with E-state index in [1.54, 1.807) is 0 Å². The standard InChI is InChI=1S/C16H24N2O2/c1-3-15(16(19)20-2)17-13-7-9-14(10-8-13)18-11-5-4-6-12-18/h7-10,15,17H,3-6,11-12H2,1-2H3. The smallest absolute Gasteiger partial charge is 0.328 e. The fourth-order valence-corrected chi connectivity index (χ4v) is 2.59. The van der Waals surface area contributed by atoms with Crippen LogP contribution in [0.2, 0.25) is 0 Å². The van der Waals surface area contributed by atoms with Crippen LogP contribution in [0.5, 0.6) is 0 Å². The Kier molecular flexibility index (Phi) is 5.27. The van der Waals surface area contributed by atoms with E-state index >= 15 is 0 Å².